The second-order valence-electron chi connectivity index (χ2n) is 6.68. The van der Waals surface area contributed by atoms with E-state index in [1.54, 1.807) is 29.8 Å². The first-order chi connectivity index (χ1) is 14.6. The fourth-order valence-corrected chi connectivity index (χ4v) is 4.94. The number of methoxy groups -OCH3 is 1. The molecule has 30 heavy (non-hydrogen) atoms. The summed E-state index contributed by atoms with van der Waals surface area (Å²) in [5, 5.41) is 2.78. The number of hydrogen-bond acceptors (Lipinski definition) is 4. The molecule has 7 heteroatoms. The number of halogens is 1. The molecule has 5 nitrogen and oxygen atoms in total. The van der Waals surface area contributed by atoms with Gasteiger partial charge in [-0.15, -0.1) is 11.8 Å². The molecular formula is C23H19BrN2O3S. The van der Waals surface area contributed by atoms with Crippen LogP contribution in [0.4, 0.5) is 11.4 Å². The van der Waals surface area contributed by atoms with Gasteiger partial charge in [0.25, 0.3) is 5.91 Å². The van der Waals surface area contributed by atoms with Crippen LogP contribution in [0.1, 0.15) is 21.3 Å². The zero-order valence-electron chi connectivity index (χ0n) is 16.2. The van der Waals surface area contributed by atoms with Gasteiger partial charge in [0.15, 0.2) is 0 Å². The lowest BCUT2D eigenvalue weighted by Gasteiger charge is -2.25. The third-order valence-electron chi connectivity index (χ3n) is 4.77. The number of carbonyl (C=O) groups excluding carboxylic acids is 2. The summed E-state index contributed by atoms with van der Waals surface area (Å²) in [6.45, 7) is 0. The van der Waals surface area contributed by atoms with Crippen LogP contribution in [0.3, 0.4) is 0 Å². The SMILES string of the molecule is COc1ccc(N2C(=O)CSC2c2cccc(NC(=O)c3ccccc3Br)c2)cc1. The minimum Gasteiger partial charge on any atom is -0.497 e. The zero-order chi connectivity index (χ0) is 21.1. The minimum absolute atomic E-state index is 0.0535. The van der Waals surface area contributed by atoms with Gasteiger partial charge < -0.3 is 10.1 Å². The molecule has 4 rings (SSSR count). The molecule has 1 unspecified atom stereocenters. The van der Waals surface area contributed by atoms with Crippen molar-refractivity contribution in [1.29, 1.82) is 0 Å². The monoisotopic (exact) mass is 482 g/mol. The van der Waals surface area contributed by atoms with E-state index in [1.807, 2.05) is 66.7 Å². The number of carbonyl (C=O) groups is 2. The van der Waals surface area contributed by atoms with Crippen molar-refractivity contribution < 1.29 is 14.3 Å². The van der Waals surface area contributed by atoms with Gasteiger partial charge in [0.1, 0.15) is 11.1 Å². The normalized spacial score (nSPS) is 15.9. The summed E-state index contributed by atoms with van der Waals surface area (Å²) in [6.07, 6.45) is 0. The Morgan fingerprint density at radius 2 is 1.87 bits per heavy atom. The van der Waals surface area contributed by atoms with Crippen molar-refractivity contribution in [1.82, 2.24) is 0 Å². The molecule has 3 aromatic rings. The van der Waals surface area contributed by atoms with Crippen LogP contribution in [0.15, 0.2) is 77.3 Å². The molecule has 1 atom stereocenters. The first kappa shape index (κ1) is 20.5. The van der Waals surface area contributed by atoms with Gasteiger partial charge in [0.05, 0.1) is 18.4 Å². The van der Waals surface area contributed by atoms with Crippen molar-refractivity contribution in [2.24, 2.45) is 0 Å². The number of ether oxygens (including phenoxy) is 1. The van der Waals surface area contributed by atoms with Gasteiger partial charge in [-0.3, -0.25) is 14.5 Å². The maximum atomic E-state index is 12.6. The largest absolute Gasteiger partial charge is 0.497 e. The highest BCUT2D eigenvalue weighted by Gasteiger charge is 2.34. The van der Waals surface area contributed by atoms with E-state index >= 15 is 0 Å². The molecule has 0 radical (unpaired) electrons. The fourth-order valence-electron chi connectivity index (χ4n) is 3.31. The Bertz CT molecular complexity index is 1090. The molecule has 1 aliphatic rings. The Hall–Kier alpha value is -2.77. The average molecular weight is 483 g/mol. The first-order valence-electron chi connectivity index (χ1n) is 9.30. The second kappa shape index (κ2) is 8.93. The van der Waals surface area contributed by atoms with Crippen LogP contribution in [0.2, 0.25) is 0 Å². The Labute approximate surface area is 187 Å². The van der Waals surface area contributed by atoms with Crippen LogP contribution in [-0.2, 0) is 4.79 Å². The summed E-state index contributed by atoms with van der Waals surface area (Å²) >= 11 is 4.98. The van der Waals surface area contributed by atoms with Crippen LogP contribution in [-0.4, -0.2) is 24.7 Å². The van der Waals surface area contributed by atoms with Gasteiger partial charge in [-0.25, -0.2) is 0 Å². The molecule has 3 aromatic carbocycles. The minimum atomic E-state index is -0.193. The number of thioether (sulfide) groups is 1. The molecule has 1 aliphatic heterocycles. The van der Waals surface area contributed by atoms with Crippen molar-refractivity contribution in [3.05, 3.63) is 88.4 Å². The van der Waals surface area contributed by atoms with Crippen molar-refractivity contribution in [2.45, 2.75) is 5.37 Å². The van der Waals surface area contributed by atoms with E-state index in [1.165, 1.54) is 0 Å². The number of benzene rings is 3. The van der Waals surface area contributed by atoms with Crippen LogP contribution < -0.4 is 15.0 Å². The van der Waals surface area contributed by atoms with Gasteiger partial charge in [-0.2, -0.15) is 0 Å². The molecule has 0 bridgehead atoms. The van der Waals surface area contributed by atoms with Crippen LogP contribution in [0, 0.1) is 0 Å². The lowest BCUT2D eigenvalue weighted by molar-refractivity contribution is -0.115. The number of nitrogens with zero attached hydrogens (tertiary/aromatic N) is 1. The quantitative estimate of drug-likeness (QED) is 0.522. The summed E-state index contributed by atoms with van der Waals surface area (Å²) in [6, 6.07) is 22.4. The molecule has 0 aromatic heterocycles. The van der Waals surface area contributed by atoms with Crippen molar-refractivity contribution >= 4 is 50.9 Å². The van der Waals surface area contributed by atoms with Crippen LogP contribution in [0.25, 0.3) is 0 Å². The molecule has 0 spiro atoms. The van der Waals surface area contributed by atoms with Crippen molar-refractivity contribution in [3.63, 3.8) is 0 Å². The molecule has 1 saturated heterocycles. The molecule has 0 aliphatic carbocycles. The predicted octanol–water partition coefficient (Wildman–Crippen LogP) is 5.49. The number of nitrogens with one attached hydrogen (secondary N) is 1. The van der Waals surface area contributed by atoms with E-state index in [0.29, 0.717) is 17.0 Å². The Morgan fingerprint density at radius 3 is 2.60 bits per heavy atom. The number of anilines is 2. The highest BCUT2D eigenvalue weighted by atomic mass is 79.9. The topological polar surface area (TPSA) is 58.6 Å². The Morgan fingerprint density at radius 1 is 1.10 bits per heavy atom. The maximum Gasteiger partial charge on any atom is 0.256 e. The average Bonchev–Trinajstić information content (AvgIpc) is 3.15. The Balaban J connectivity index is 1.58. The lowest BCUT2D eigenvalue weighted by atomic mass is 10.1. The fraction of sp³-hybridized carbons (Fsp3) is 0.130. The van der Waals surface area contributed by atoms with Crippen LogP contribution >= 0.6 is 27.7 Å². The standard InChI is InChI=1S/C23H19BrN2O3S/c1-29-18-11-9-17(10-12-18)26-21(27)14-30-23(26)15-5-4-6-16(13-15)25-22(28)19-7-2-3-8-20(19)24/h2-13,23H,14H2,1H3,(H,25,28). The number of rotatable bonds is 5. The van der Waals surface area contributed by atoms with E-state index in [9.17, 15) is 9.59 Å². The lowest BCUT2D eigenvalue weighted by Crippen LogP contribution is -2.27. The smallest absolute Gasteiger partial charge is 0.256 e. The van der Waals surface area contributed by atoms with Gasteiger partial charge in [-0.1, -0.05) is 24.3 Å². The van der Waals surface area contributed by atoms with Crippen LogP contribution in [0.5, 0.6) is 5.75 Å². The predicted molar refractivity (Wildman–Crippen MR) is 124 cm³/mol. The number of amides is 2. The molecule has 1 N–H and O–H groups in total. The third-order valence-corrected chi connectivity index (χ3v) is 6.67. The highest BCUT2D eigenvalue weighted by Crippen LogP contribution is 2.42. The van der Waals surface area contributed by atoms with Gasteiger partial charge >= 0.3 is 0 Å². The summed E-state index contributed by atoms with van der Waals surface area (Å²) < 4.78 is 5.95. The van der Waals surface area contributed by atoms with E-state index in [2.05, 4.69) is 21.2 Å². The van der Waals surface area contributed by atoms with Gasteiger partial charge in [0, 0.05) is 15.8 Å². The number of hydrogen-bond donors (Lipinski definition) is 1. The van der Waals surface area contributed by atoms with E-state index in [0.717, 1.165) is 21.5 Å². The van der Waals surface area contributed by atoms with Gasteiger partial charge in [-0.05, 0) is 70.0 Å². The molecule has 152 valence electrons. The second-order valence-corrected chi connectivity index (χ2v) is 8.61. The maximum absolute atomic E-state index is 12.6. The first-order valence-corrected chi connectivity index (χ1v) is 11.1. The summed E-state index contributed by atoms with van der Waals surface area (Å²) in [5.74, 6) is 1.01. The molecule has 1 fully saturated rings. The zero-order valence-corrected chi connectivity index (χ0v) is 18.6. The van der Waals surface area contributed by atoms with E-state index < -0.39 is 0 Å². The van der Waals surface area contributed by atoms with E-state index in [-0.39, 0.29) is 17.2 Å². The molecule has 1 heterocycles. The van der Waals surface area contributed by atoms with Crippen molar-refractivity contribution in [2.75, 3.05) is 23.1 Å². The van der Waals surface area contributed by atoms with Crippen molar-refractivity contribution in [3.8, 4) is 5.75 Å². The highest BCUT2D eigenvalue weighted by molar-refractivity contribution is 9.10. The summed E-state index contributed by atoms with van der Waals surface area (Å²) in [4.78, 5) is 27.0. The molecular weight excluding hydrogens is 464 g/mol. The van der Waals surface area contributed by atoms with E-state index in [4.69, 9.17) is 4.74 Å². The molecule has 2 amide bonds. The third kappa shape index (κ3) is 4.22. The Kier molecular flexibility index (Phi) is 6.11. The molecule has 0 saturated carbocycles. The van der Waals surface area contributed by atoms with Gasteiger partial charge in [0.2, 0.25) is 5.91 Å². The summed E-state index contributed by atoms with van der Waals surface area (Å²) in [5.41, 5.74) is 3.01. The summed E-state index contributed by atoms with van der Waals surface area (Å²) in [7, 11) is 1.61.